The van der Waals surface area contributed by atoms with E-state index in [0.29, 0.717) is 11.1 Å². The molecule has 0 atom stereocenters. The summed E-state index contributed by atoms with van der Waals surface area (Å²) in [5, 5.41) is 0. The van der Waals surface area contributed by atoms with Crippen LogP contribution in [0.25, 0.3) is 5.57 Å². The van der Waals surface area contributed by atoms with Crippen molar-refractivity contribution < 1.29 is 19.1 Å². The molecule has 0 amide bonds. The van der Waals surface area contributed by atoms with Crippen LogP contribution in [0.5, 0.6) is 0 Å². The summed E-state index contributed by atoms with van der Waals surface area (Å²) in [7, 11) is 2.55. The molecule has 0 aromatic carbocycles. The lowest BCUT2D eigenvalue weighted by Gasteiger charge is -2.09. The van der Waals surface area contributed by atoms with E-state index in [2.05, 4.69) is 14.5 Å². The fraction of sp³-hybridized carbons (Fsp3) is 0.250. The SMILES string of the molecule is C/C=C(\C(=O)OC)c1ccncc1C(=O)OC. The maximum Gasteiger partial charge on any atom is 0.340 e. The second kappa shape index (κ2) is 5.79. The predicted molar refractivity (Wildman–Crippen MR) is 61.2 cm³/mol. The summed E-state index contributed by atoms with van der Waals surface area (Å²) in [6.07, 6.45) is 4.43. The van der Waals surface area contributed by atoms with E-state index in [0.717, 1.165) is 0 Å². The molecule has 0 N–H and O–H groups in total. The first-order chi connectivity index (χ1) is 8.15. The van der Waals surface area contributed by atoms with E-state index < -0.39 is 11.9 Å². The number of nitrogens with zero attached hydrogens (tertiary/aromatic N) is 1. The lowest BCUT2D eigenvalue weighted by Crippen LogP contribution is -2.10. The van der Waals surface area contributed by atoms with Crippen molar-refractivity contribution in [1.82, 2.24) is 4.98 Å². The van der Waals surface area contributed by atoms with Crippen molar-refractivity contribution in [3.63, 3.8) is 0 Å². The monoisotopic (exact) mass is 235 g/mol. The lowest BCUT2D eigenvalue weighted by molar-refractivity contribution is -0.133. The molecule has 0 saturated heterocycles. The summed E-state index contributed by atoms with van der Waals surface area (Å²) < 4.78 is 9.27. The Morgan fingerprint density at radius 2 is 1.94 bits per heavy atom. The van der Waals surface area contributed by atoms with Gasteiger partial charge in [0, 0.05) is 18.0 Å². The van der Waals surface area contributed by atoms with Crippen LogP contribution >= 0.6 is 0 Å². The normalized spacial score (nSPS) is 10.9. The van der Waals surface area contributed by atoms with Gasteiger partial charge in [-0.1, -0.05) is 6.08 Å². The average Bonchev–Trinajstić information content (AvgIpc) is 2.39. The van der Waals surface area contributed by atoms with Crippen LogP contribution in [-0.4, -0.2) is 31.1 Å². The Morgan fingerprint density at radius 3 is 2.47 bits per heavy atom. The summed E-state index contributed by atoms with van der Waals surface area (Å²) in [5.41, 5.74) is 0.977. The number of hydrogen-bond acceptors (Lipinski definition) is 5. The summed E-state index contributed by atoms with van der Waals surface area (Å²) in [5.74, 6) is -1.06. The third-order valence-electron chi connectivity index (χ3n) is 2.21. The van der Waals surface area contributed by atoms with Crippen LogP contribution in [0.4, 0.5) is 0 Å². The molecule has 0 bridgehead atoms. The smallest absolute Gasteiger partial charge is 0.340 e. The summed E-state index contributed by atoms with van der Waals surface area (Å²) in [4.78, 5) is 26.9. The fourth-order valence-corrected chi connectivity index (χ4v) is 1.40. The number of aromatic nitrogens is 1. The van der Waals surface area contributed by atoms with Crippen molar-refractivity contribution in [2.45, 2.75) is 6.92 Å². The molecule has 0 spiro atoms. The molecule has 0 radical (unpaired) electrons. The van der Waals surface area contributed by atoms with Gasteiger partial charge in [-0.15, -0.1) is 0 Å². The van der Waals surface area contributed by atoms with Crippen LogP contribution in [0.3, 0.4) is 0 Å². The van der Waals surface area contributed by atoms with Crippen LogP contribution in [0.15, 0.2) is 24.5 Å². The van der Waals surface area contributed by atoms with Gasteiger partial charge in [0.2, 0.25) is 0 Å². The number of esters is 2. The van der Waals surface area contributed by atoms with Crippen molar-refractivity contribution in [2.24, 2.45) is 0 Å². The molecule has 1 heterocycles. The van der Waals surface area contributed by atoms with E-state index in [-0.39, 0.29) is 5.56 Å². The zero-order chi connectivity index (χ0) is 12.8. The van der Waals surface area contributed by atoms with E-state index in [4.69, 9.17) is 0 Å². The van der Waals surface area contributed by atoms with Gasteiger partial charge in [-0.2, -0.15) is 0 Å². The standard InChI is InChI=1S/C12H13NO4/c1-4-8(11(14)16-2)9-5-6-13-7-10(9)12(15)17-3/h4-7H,1-3H3/b8-4-. The Morgan fingerprint density at radius 1 is 1.24 bits per heavy atom. The highest BCUT2D eigenvalue weighted by Gasteiger charge is 2.19. The Balaban J connectivity index is 3.30. The van der Waals surface area contributed by atoms with Gasteiger partial charge in [0.25, 0.3) is 0 Å². The molecule has 0 aliphatic heterocycles. The third-order valence-corrected chi connectivity index (χ3v) is 2.21. The highest BCUT2D eigenvalue weighted by molar-refractivity contribution is 6.18. The number of carbonyl (C=O) groups is 2. The quantitative estimate of drug-likeness (QED) is 0.586. The molecule has 90 valence electrons. The van der Waals surface area contributed by atoms with Crippen LogP contribution < -0.4 is 0 Å². The molecule has 5 nitrogen and oxygen atoms in total. The van der Waals surface area contributed by atoms with Crippen molar-refractivity contribution in [3.8, 4) is 0 Å². The number of pyridine rings is 1. The highest BCUT2D eigenvalue weighted by atomic mass is 16.5. The Hall–Kier alpha value is -2.17. The van der Waals surface area contributed by atoms with Crippen molar-refractivity contribution in [3.05, 3.63) is 35.7 Å². The van der Waals surface area contributed by atoms with Crippen LogP contribution in [0.2, 0.25) is 0 Å². The zero-order valence-electron chi connectivity index (χ0n) is 9.89. The molecule has 0 aliphatic carbocycles. The number of hydrogen-bond donors (Lipinski definition) is 0. The molecule has 0 aliphatic rings. The minimum atomic E-state index is -0.545. The maximum atomic E-state index is 11.5. The summed E-state index contributed by atoms with van der Waals surface area (Å²) in [6, 6.07) is 1.57. The average molecular weight is 235 g/mol. The van der Waals surface area contributed by atoms with E-state index in [1.807, 2.05) is 0 Å². The van der Waals surface area contributed by atoms with Gasteiger partial charge in [-0.3, -0.25) is 4.98 Å². The zero-order valence-corrected chi connectivity index (χ0v) is 9.89. The van der Waals surface area contributed by atoms with Crippen LogP contribution in [-0.2, 0) is 14.3 Å². The van der Waals surface area contributed by atoms with E-state index in [1.165, 1.54) is 26.6 Å². The van der Waals surface area contributed by atoms with Crippen LogP contribution in [0.1, 0.15) is 22.8 Å². The summed E-state index contributed by atoms with van der Waals surface area (Å²) in [6.45, 7) is 1.69. The van der Waals surface area contributed by atoms with E-state index >= 15 is 0 Å². The van der Waals surface area contributed by atoms with Crippen LogP contribution in [0, 0.1) is 0 Å². The minimum absolute atomic E-state index is 0.230. The largest absolute Gasteiger partial charge is 0.465 e. The first kappa shape index (κ1) is 12.9. The first-order valence-electron chi connectivity index (χ1n) is 4.93. The molecule has 0 unspecified atom stereocenters. The highest BCUT2D eigenvalue weighted by Crippen LogP contribution is 2.20. The van der Waals surface area contributed by atoms with Gasteiger partial charge < -0.3 is 9.47 Å². The number of carbonyl (C=O) groups excluding carboxylic acids is 2. The van der Waals surface area contributed by atoms with Gasteiger partial charge >= 0.3 is 11.9 Å². The molecule has 1 aromatic rings. The molecular weight excluding hydrogens is 222 g/mol. The second-order valence-corrected chi connectivity index (χ2v) is 3.11. The Bertz CT molecular complexity index is 465. The van der Waals surface area contributed by atoms with Gasteiger partial charge in [0.05, 0.1) is 25.4 Å². The molecule has 1 aromatic heterocycles. The molecular formula is C12H13NO4. The molecule has 1 rings (SSSR count). The van der Waals surface area contributed by atoms with Crippen molar-refractivity contribution >= 4 is 17.5 Å². The number of allylic oxidation sites excluding steroid dienone is 1. The van der Waals surface area contributed by atoms with Crippen molar-refractivity contribution in [1.29, 1.82) is 0 Å². The second-order valence-electron chi connectivity index (χ2n) is 3.11. The van der Waals surface area contributed by atoms with Gasteiger partial charge in [0.1, 0.15) is 0 Å². The van der Waals surface area contributed by atoms with Crippen molar-refractivity contribution in [2.75, 3.05) is 14.2 Å². The summed E-state index contributed by atoms with van der Waals surface area (Å²) >= 11 is 0. The Labute approximate surface area is 99.1 Å². The molecule has 5 heteroatoms. The Kier molecular flexibility index (Phi) is 4.39. The number of rotatable bonds is 3. The molecule has 17 heavy (non-hydrogen) atoms. The lowest BCUT2D eigenvalue weighted by atomic mass is 10.0. The minimum Gasteiger partial charge on any atom is -0.465 e. The third kappa shape index (κ3) is 2.69. The molecule has 0 fully saturated rings. The fourth-order valence-electron chi connectivity index (χ4n) is 1.40. The van der Waals surface area contributed by atoms with Gasteiger partial charge in [0.15, 0.2) is 0 Å². The van der Waals surface area contributed by atoms with E-state index in [1.54, 1.807) is 19.1 Å². The molecule has 0 saturated carbocycles. The predicted octanol–water partition coefficient (Wildman–Crippen LogP) is 1.44. The van der Waals surface area contributed by atoms with Gasteiger partial charge in [-0.25, -0.2) is 9.59 Å². The number of methoxy groups -OCH3 is 2. The van der Waals surface area contributed by atoms with E-state index in [9.17, 15) is 9.59 Å². The first-order valence-corrected chi connectivity index (χ1v) is 4.93. The number of ether oxygens (including phenoxy) is 2. The topological polar surface area (TPSA) is 65.5 Å². The van der Waals surface area contributed by atoms with Gasteiger partial charge in [-0.05, 0) is 13.0 Å². The maximum absolute atomic E-state index is 11.5.